The van der Waals surface area contributed by atoms with Crippen molar-refractivity contribution in [1.82, 2.24) is 9.88 Å². The van der Waals surface area contributed by atoms with Crippen molar-refractivity contribution in [2.45, 2.75) is 25.3 Å². The lowest BCUT2D eigenvalue weighted by Gasteiger charge is -2.20. The van der Waals surface area contributed by atoms with Gasteiger partial charge in [-0.1, -0.05) is 6.07 Å². The zero-order chi connectivity index (χ0) is 10.5. The van der Waals surface area contributed by atoms with Gasteiger partial charge in [0.25, 0.3) is 0 Å². The molecule has 1 saturated heterocycles. The highest BCUT2D eigenvalue weighted by Gasteiger charge is 2.21. The van der Waals surface area contributed by atoms with E-state index in [1.165, 1.54) is 12.8 Å². The van der Waals surface area contributed by atoms with Gasteiger partial charge in [0.1, 0.15) is 6.04 Å². The first-order valence-electron chi connectivity index (χ1n) is 5.43. The molecule has 78 valence electrons. The minimum Gasteiger partial charge on any atom is -0.288 e. The van der Waals surface area contributed by atoms with Gasteiger partial charge >= 0.3 is 0 Å². The van der Waals surface area contributed by atoms with Gasteiger partial charge in [0, 0.05) is 18.8 Å². The number of pyridine rings is 1. The Balaban J connectivity index is 2.00. The van der Waals surface area contributed by atoms with Crippen LogP contribution >= 0.6 is 0 Å². The van der Waals surface area contributed by atoms with Crippen LogP contribution in [0.2, 0.25) is 0 Å². The molecular formula is C12H15N3. The summed E-state index contributed by atoms with van der Waals surface area (Å²) in [6.07, 6.45) is 6.86. The fourth-order valence-corrected chi connectivity index (χ4v) is 2.05. The quantitative estimate of drug-likeness (QED) is 0.746. The molecule has 15 heavy (non-hydrogen) atoms. The van der Waals surface area contributed by atoms with Crippen molar-refractivity contribution in [3.05, 3.63) is 30.1 Å². The summed E-state index contributed by atoms with van der Waals surface area (Å²) in [5, 5.41) is 9.14. The SMILES string of the molecule is N#CC(Cc1cccnc1)N1CCCC1. The fourth-order valence-electron chi connectivity index (χ4n) is 2.05. The molecular weight excluding hydrogens is 186 g/mol. The highest BCUT2D eigenvalue weighted by molar-refractivity contribution is 5.13. The molecule has 0 aliphatic carbocycles. The molecule has 1 aliphatic rings. The average Bonchev–Trinajstić information content (AvgIpc) is 2.81. The summed E-state index contributed by atoms with van der Waals surface area (Å²) in [4.78, 5) is 6.34. The first-order chi connectivity index (χ1) is 7.40. The van der Waals surface area contributed by atoms with Gasteiger partial charge in [-0.05, 0) is 37.6 Å². The number of hydrogen-bond acceptors (Lipinski definition) is 3. The second kappa shape index (κ2) is 4.90. The van der Waals surface area contributed by atoms with E-state index >= 15 is 0 Å². The summed E-state index contributed by atoms with van der Waals surface area (Å²) in [6.45, 7) is 2.14. The van der Waals surface area contributed by atoms with Crippen LogP contribution in [0.1, 0.15) is 18.4 Å². The fraction of sp³-hybridized carbons (Fsp3) is 0.500. The zero-order valence-electron chi connectivity index (χ0n) is 8.76. The van der Waals surface area contributed by atoms with Crippen LogP contribution in [0, 0.1) is 11.3 Å². The predicted molar refractivity (Wildman–Crippen MR) is 58.1 cm³/mol. The smallest absolute Gasteiger partial charge is 0.102 e. The van der Waals surface area contributed by atoms with Crippen LogP contribution in [0.25, 0.3) is 0 Å². The van der Waals surface area contributed by atoms with E-state index < -0.39 is 0 Å². The third kappa shape index (κ3) is 2.54. The van der Waals surface area contributed by atoms with Crippen molar-refractivity contribution in [2.75, 3.05) is 13.1 Å². The van der Waals surface area contributed by atoms with E-state index in [1.54, 1.807) is 6.20 Å². The molecule has 0 spiro atoms. The molecule has 0 bridgehead atoms. The summed E-state index contributed by atoms with van der Waals surface area (Å²) in [7, 11) is 0. The number of rotatable bonds is 3. The van der Waals surface area contributed by atoms with Gasteiger partial charge in [-0.25, -0.2) is 0 Å². The van der Waals surface area contributed by atoms with E-state index in [4.69, 9.17) is 5.26 Å². The summed E-state index contributed by atoms with van der Waals surface area (Å²) in [6, 6.07) is 6.37. The Bertz CT molecular complexity index is 336. The Labute approximate surface area is 90.4 Å². The molecule has 1 atom stereocenters. The average molecular weight is 201 g/mol. The molecule has 0 radical (unpaired) electrons. The second-order valence-corrected chi connectivity index (χ2v) is 3.95. The van der Waals surface area contributed by atoms with Crippen LogP contribution < -0.4 is 0 Å². The summed E-state index contributed by atoms with van der Waals surface area (Å²) in [5.74, 6) is 0. The van der Waals surface area contributed by atoms with Gasteiger partial charge in [-0.3, -0.25) is 9.88 Å². The first-order valence-corrected chi connectivity index (χ1v) is 5.43. The number of nitriles is 1. The normalized spacial score (nSPS) is 18.6. The van der Waals surface area contributed by atoms with Crippen molar-refractivity contribution in [1.29, 1.82) is 5.26 Å². The highest BCUT2D eigenvalue weighted by atomic mass is 15.2. The number of likely N-dealkylation sites (tertiary alicyclic amines) is 1. The molecule has 1 aliphatic heterocycles. The molecule has 2 rings (SSSR count). The largest absolute Gasteiger partial charge is 0.288 e. The van der Waals surface area contributed by atoms with Crippen LogP contribution in [-0.4, -0.2) is 29.0 Å². The number of hydrogen-bond donors (Lipinski definition) is 0. The molecule has 1 aromatic heterocycles. The Kier molecular flexibility index (Phi) is 3.31. The maximum absolute atomic E-state index is 9.14. The van der Waals surface area contributed by atoms with Crippen molar-refractivity contribution in [3.63, 3.8) is 0 Å². The molecule has 2 heterocycles. The second-order valence-electron chi connectivity index (χ2n) is 3.95. The standard InChI is InChI=1S/C12H15N3/c13-9-12(15-6-1-2-7-15)8-11-4-3-5-14-10-11/h3-5,10,12H,1-2,6-8H2. The van der Waals surface area contributed by atoms with Crippen molar-refractivity contribution in [2.24, 2.45) is 0 Å². The molecule has 0 aromatic carbocycles. The molecule has 0 amide bonds. The molecule has 0 N–H and O–H groups in total. The minimum atomic E-state index is 0.0247. The number of aromatic nitrogens is 1. The third-order valence-electron chi connectivity index (χ3n) is 2.88. The van der Waals surface area contributed by atoms with E-state index in [0.717, 1.165) is 25.1 Å². The van der Waals surface area contributed by atoms with Crippen molar-refractivity contribution < 1.29 is 0 Å². The van der Waals surface area contributed by atoms with Gasteiger partial charge in [0.15, 0.2) is 0 Å². The van der Waals surface area contributed by atoms with E-state index in [-0.39, 0.29) is 6.04 Å². The molecule has 1 fully saturated rings. The van der Waals surface area contributed by atoms with E-state index in [1.807, 2.05) is 18.3 Å². The lowest BCUT2D eigenvalue weighted by molar-refractivity contribution is 0.288. The van der Waals surface area contributed by atoms with Gasteiger partial charge < -0.3 is 0 Å². The van der Waals surface area contributed by atoms with E-state index in [0.29, 0.717) is 0 Å². The van der Waals surface area contributed by atoms with E-state index in [9.17, 15) is 0 Å². The van der Waals surface area contributed by atoms with Gasteiger partial charge in [0.2, 0.25) is 0 Å². The third-order valence-corrected chi connectivity index (χ3v) is 2.88. The molecule has 1 aromatic rings. The van der Waals surface area contributed by atoms with Crippen molar-refractivity contribution in [3.8, 4) is 6.07 Å². The Hall–Kier alpha value is -1.40. The van der Waals surface area contributed by atoms with Crippen LogP contribution in [0.5, 0.6) is 0 Å². The molecule has 0 saturated carbocycles. The Morgan fingerprint density at radius 2 is 2.27 bits per heavy atom. The Morgan fingerprint density at radius 1 is 1.47 bits per heavy atom. The lowest BCUT2D eigenvalue weighted by atomic mass is 10.1. The zero-order valence-corrected chi connectivity index (χ0v) is 8.76. The molecule has 3 nitrogen and oxygen atoms in total. The monoisotopic (exact) mass is 201 g/mol. The van der Waals surface area contributed by atoms with Gasteiger partial charge in [-0.15, -0.1) is 0 Å². The highest BCUT2D eigenvalue weighted by Crippen LogP contribution is 2.14. The first kappa shape index (κ1) is 10.1. The van der Waals surface area contributed by atoms with Crippen LogP contribution in [0.3, 0.4) is 0 Å². The molecule has 1 unspecified atom stereocenters. The van der Waals surface area contributed by atoms with Crippen LogP contribution in [0.4, 0.5) is 0 Å². The maximum atomic E-state index is 9.14. The molecule has 3 heteroatoms. The predicted octanol–water partition coefficient (Wildman–Crippen LogP) is 1.61. The van der Waals surface area contributed by atoms with Crippen molar-refractivity contribution >= 4 is 0 Å². The summed E-state index contributed by atoms with van der Waals surface area (Å²) < 4.78 is 0. The minimum absolute atomic E-state index is 0.0247. The summed E-state index contributed by atoms with van der Waals surface area (Å²) >= 11 is 0. The van der Waals surface area contributed by atoms with Gasteiger partial charge in [0.05, 0.1) is 6.07 Å². The lowest BCUT2D eigenvalue weighted by Crippen LogP contribution is -2.33. The number of nitrogens with zero attached hydrogens (tertiary/aromatic N) is 3. The topological polar surface area (TPSA) is 39.9 Å². The van der Waals surface area contributed by atoms with Crippen LogP contribution in [0.15, 0.2) is 24.5 Å². The van der Waals surface area contributed by atoms with E-state index in [2.05, 4.69) is 16.0 Å². The van der Waals surface area contributed by atoms with Crippen LogP contribution in [-0.2, 0) is 6.42 Å². The van der Waals surface area contributed by atoms with Gasteiger partial charge in [-0.2, -0.15) is 5.26 Å². The summed E-state index contributed by atoms with van der Waals surface area (Å²) in [5.41, 5.74) is 1.15. The Morgan fingerprint density at radius 3 is 2.87 bits per heavy atom. The maximum Gasteiger partial charge on any atom is 0.102 e.